The summed E-state index contributed by atoms with van der Waals surface area (Å²) in [5.41, 5.74) is 3.55. The molecule has 162 valence electrons. The zero-order valence-corrected chi connectivity index (χ0v) is 18.3. The molecule has 0 bridgehead atoms. The number of para-hydroxylation sites is 1. The lowest BCUT2D eigenvalue weighted by Gasteiger charge is -2.41. The Balaban J connectivity index is 1.47. The van der Waals surface area contributed by atoms with Gasteiger partial charge in [0.15, 0.2) is 0 Å². The second kappa shape index (κ2) is 8.67. The molecule has 3 aromatic rings. The number of carbonyl (C=O) groups excluding carboxylic acids is 2. The Morgan fingerprint density at radius 3 is 2.53 bits per heavy atom. The van der Waals surface area contributed by atoms with E-state index < -0.39 is 0 Å². The number of hydrogen-bond acceptors (Lipinski definition) is 3. The summed E-state index contributed by atoms with van der Waals surface area (Å²) in [5.74, 6) is -0.208. The van der Waals surface area contributed by atoms with Crippen LogP contribution in [0.3, 0.4) is 0 Å². The van der Waals surface area contributed by atoms with Crippen molar-refractivity contribution in [2.75, 3.05) is 10.6 Å². The third kappa shape index (κ3) is 3.84. The number of fused-ring (bicyclic) bond motifs is 1. The van der Waals surface area contributed by atoms with Gasteiger partial charge in [-0.25, -0.2) is 0 Å². The van der Waals surface area contributed by atoms with Crippen LogP contribution in [0.1, 0.15) is 58.1 Å². The van der Waals surface area contributed by atoms with Crippen molar-refractivity contribution in [1.82, 2.24) is 4.90 Å². The fourth-order valence-corrected chi connectivity index (χ4v) is 4.92. The summed E-state index contributed by atoms with van der Waals surface area (Å²) in [4.78, 5) is 28.2. The molecule has 1 saturated carbocycles. The van der Waals surface area contributed by atoms with E-state index in [1.165, 1.54) is 0 Å². The van der Waals surface area contributed by atoms with Crippen LogP contribution in [0.15, 0.2) is 72.8 Å². The van der Waals surface area contributed by atoms with Gasteiger partial charge < -0.3 is 15.5 Å². The number of rotatable bonds is 4. The fraction of sp³-hybridized carbons (Fsp3) is 0.231. The molecule has 1 aliphatic heterocycles. The lowest BCUT2D eigenvalue weighted by molar-refractivity contribution is 0.0584. The predicted octanol–water partition coefficient (Wildman–Crippen LogP) is 6.10. The largest absolute Gasteiger partial charge is 0.361 e. The number of amides is 2. The normalized spacial score (nSPS) is 18.2. The molecule has 6 heteroatoms. The van der Waals surface area contributed by atoms with Crippen LogP contribution in [0.5, 0.6) is 0 Å². The third-order valence-corrected chi connectivity index (χ3v) is 6.59. The first-order chi connectivity index (χ1) is 15.6. The first kappa shape index (κ1) is 20.6. The summed E-state index contributed by atoms with van der Waals surface area (Å²) >= 11 is 6.18. The van der Waals surface area contributed by atoms with E-state index in [9.17, 15) is 9.59 Å². The van der Waals surface area contributed by atoms with Gasteiger partial charge in [0.1, 0.15) is 6.17 Å². The second-order valence-corrected chi connectivity index (χ2v) is 8.71. The number of nitrogens with one attached hydrogen (secondary N) is 2. The van der Waals surface area contributed by atoms with Crippen LogP contribution in [0.4, 0.5) is 11.4 Å². The summed E-state index contributed by atoms with van der Waals surface area (Å²) in [7, 11) is 0. The van der Waals surface area contributed by atoms with Crippen LogP contribution in [0.2, 0.25) is 5.02 Å². The van der Waals surface area contributed by atoms with Gasteiger partial charge in [0, 0.05) is 17.4 Å². The highest BCUT2D eigenvalue weighted by atomic mass is 35.5. The van der Waals surface area contributed by atoms with Crippen LogP contribution in [-0.4, -0.2) is 22.8 Å². The van der Waals surface area contributed by atoms with Crippen molar-refractivity contribution in [1.29, 1.82) is 0 Å². The first-order valence-corrected chi connectivity index (χ1v) is 11.3. The number of benzene rings is 3. The van der Waals surface area contributed by atoms with Gasteiger partial charge in [-0.05, 0) is 54.8 Å². The molecular formula is C26H24ClN3O2. The predicted molar refractivity (Wildman–Crippen MR) is 127 cm³/mol. The zero-order valence-electron chi connectivity index (χ0n) is 17.6. The zero-order chi connectivity index (χ0) is 22.1. The topological polar surface area (TPSA) is 61.4 Å². The molecule has 1 aliphatic carbocycles. The van der Waals surface area contributed by atoms with Crippen LogP contribution >= 0.6 is 11.6 Å². The Bertz CT molecular complexity index is 1170. The van der Waals surface area contributed by atoms with Gasteiger partial charge in [-0.2, -0.15) is 0 Å². The van der Waals surface area contributed by atoms with E-state index in [0.29, 0.717) is 21.8 Å². The minimum atomic E-state index is -0.294. The molecule has 1 unspecified atom stereocenters. The standard InChI is InChI=1S/C26H24ClN3O2/c27-22-14-5-3-12-20(22)25(31)28-18-9-7-8-17(16-18)24-29-23-15-6-4-13-21(23)26(32)30(24)19-10-1-2-11-19/h3-9,12-16,19,24,29H,1-2,10-11H2,(H,28,31). The Morgan fingerprint density at radius 1 is 0.969 bits per heavy atom. The monoisotopic (exact) mass is 445 g/mol. The summed E-state index contributed by atoms with van der Waals surface area (Å²) in [6.07, 6.45) is 4.00. The Labute approximate surface area is 192 Å². The van der Waals surface area contributed by atoms with Gasteiger partial charge in [-0.1, -0.05) is 60.8 Å². The van der Waals surface area contributed by atoms with Gasteiger partial charge in [0.05, 0.1) is 16.1 Å². The van der Waals surface area contributed by atoms with Crippen LogP contribution in [0, 0.1) is 0 Å². The average Bonchev–Trinajstić information content (AvgIpc) is 3.34. The Kier molecular flexibility index (Phi) is 5.58. The van der Waals surface area contributed by atoms with Crippen LogP contribution in [0.25, 0.3) is 0 Å². The van der Waals surface area contributed by atoms with Crippen molar-refractivity contribution >= 4 is 34.8 Å². The van der Waals surface area contributed by atoms with Crippen molar-refractivity contribution in [2.45, 2.75) is 37.9 Å². The maximum Gasteiger partial charge on any atom is 0.258 e. The molecule has 5 nitrogen and oxygen atoms in total. The van der Waals surface area contributed by atoms with E-state index >= 15 is 0 Å². The van der Waals surface area contributed by atoms with Crippen molar-refractivity contribution in [3.8, 4) is 0 Å². The van der Waals surface area contributed by atoms with Gasteiger partial charge in [0.2, 0.25) is 0 Å². The molecule has 1 heterocycles. The molecule has 0 radical (unpaired) electrons. The minimum absolute atomic E-state index is 0.0572. The number of halogens is 1. The smallest absolute Gasteiger partial charge is 0.258 e. The molecule has 32 heavy (non-hydrogen) atoms. The highest BCUT2D eigenvalue weighted by molar-refractivity contribution is 6.34. The van der Waals surface area contributed by atoms with Crippen molar-refractivity contribution in [3.63, 3.8) is 0 Å². The molecule has 2 amide bonds. The van der Waals surface area contributed by atoms with Gasteiger partial charge in [-0.15, -0.1) is 0 Å². The Hall–Kier alpha value is -3.31. The molecule has 1 atom stereocenters. The molecule has 5 rings (SSSR count). The number of hydrogen-bond donors (Lipinski definition) is 2. The molecule has 0 spiro atoms. The lowest BCUT2D eigenvalue weighted by Crippen LogP contribution is -2.47. The Morgan fingerprint density at radius 2 is 1.72 bits per heavy atom. The van der Waals surface area contributed by atoms with Gasteiger partial charge >= 0.3 is 0 Å². The quantitative estimate of drug-likeness (QED) is 0.510. The average molecular weight is 446 g/mol. The molecule has 2 aliphatic rings. The van der Waals surface area contributed by atoms with Gasteiger partial charge in [-0.3, -0.25) is 9.59 Å². The molecule has 2 N–H and O–H groups in total. The second-order valence-electron chi connectivity index (χ2n) is 8.30. The van der Waals surface area contributed by atoms with E-state index in [1.54, 1.807) is 24.3 Å². The first-order valence-electron chi connectivity index (χ1n) is 11.0. The summed E-state index contributed by atoms with van der Waals surface area (Å²) in [6.45, 7) is 0. The fourth-order valence-electron chi connectivity index (χ4n) is 4.70. The van der Waals surface area contributed by atoms with E-state index in [0.717, 1.165) is 36.9 Å². The van der Waals surface area contributed by atoms with Crippen LogP contribution < -0.4 is 10.6 Å². The van der Waals surface area contributed by atoms with Crippen molar-refractivity contribution in [3.05, 3.63) is 94.5 Å². The summed E-state index contributed by atoms with van der Waals surface area (Å²) in [6, 6.07) is 22.5. The molecule has 0 saturated heterocycles. The maximum absolute atomic E-state index is 13.5. The highest BCUT2D eigenvalue weighted by Crippen LogP contribution is 2.38. The lowest BCUT2D eigenvalue weighted by atomic mass is 10.00. The van der Waals surface area contributed by atoms with E-state index in [-0.39, 0.29) is 24.0 Å². The summed E-state index contributed by atoms with van der Waals surface area (Å²) < 4.78 is 0. The molecular weight excluding hydrogens is 422 g/mol. The number of anilines is 2. The number of carbonyl (C=O) groups is 2. The SMILES string of the molecule is O=C(Nc1cccc(C2Nc3ccccc3C(=O)N2C2CCCC2)c1)c1ccccc1Cl. The van der Waals surface area contributed by atoms with E-state index in [4.69, 9.17) is 11.6 Å². The van der Waals surface area contributed by atoms with Crippen molar-refractivity contribution in [2.24, 2.45) is 0 Å². The van der Waals surface area contributed by atoms with E-state index in [2.05, 4.69) is 10.6 Å². The molecule has 3 aromatic carbocycles. The summed E-state index contributed by atoms with van der Waals surface area (Å²) in [5, 5.41) is 6.91. The van der Waals surface area contributed by atoms with Crippen LogP contribution in [-0.2, 0) is 0 Å². The van der Waals surface area contributed by atoms with E-state index in [1.807, 2.05) is 53.4 Å². The minimum Gasteiger partial charge on any atom is -0.361 e. The van der Waals surface area contributed by atoms with Gasteiger partial charge in [0.25, 0.3) is 11.8 Å². The molecule has 0 aromatic heterocycles. The maximum atomic E-state index is 13.5. The highest BCUT2D eigenvalue weighted by Gasteiger charge is 2.38. The molecule has 1 fully saturated rings. The third-order valence-electron chi connectivity index (χ3n) is 6.26. The van der Waals surface area contributed by atoms with Crippen molar-refractivity contribution < 1.29 is 9.59 Å². The number of nitrogens with zero attached hydrogens (tertiary/aromatic N) is 1.